The monoisotopic (exact) mass is 389 g/mol. The molecule has 0 bridgehead atoms. The Morgan fingerprint density at radius 1 is 1.15 bits per heavy atom. The van der Waals surface area contributed by atoms with Crippen LogP contribution in [0.4, 0.5) is 4.79 Å². The van der Waals surface area contributed by atoms with Crippen LogP contribution in [0.25, 0.3) is 11.4 Å². The highest BCUT2D eigenvalue weighted by molar-refractivity contribution is 7.99. The summed E-state index contributed by atoms with van der Waals surface area (Å²) in [7, 11) is 1.47. The first-order valence-corrected chi connectivity index (χ1v) is 9.93. The van der Waals surface area contributed by atoms with E-state index in [1.807, 2.05) is 11.5 Å². The lowest BCUT2D eigenvalue weighted by molar-refractivity contribution is -0.119. The van der Waals surface area contributed by atoms with E-state index in [1.54, 1.807) is 0 Å². The van der Waals surface area contributed by atoms with Crippen LogP contribution < -0.4 is 10.6 Å². The summed E-state index contributed by atoms with van der Waals surface area (Å²) in [6.07, 6.45) is 0.226. The average molecular weight is 390 g/mol. The largest absolute Gasteiger partial charge is 0.341 e. The van der Waals surface area contributed by atoms with E-state index in [2.05, 4.69) is 65.9 Å². The SMILES string of the molecule is CCn1c(SCCC(=O)NC(=O)NC)nnc1-c1ccc(C(C)(C)C)cc1. The number of hydrogen-bond acceptors (Lipinski definition) is 5. The van der Waals surface area contributed by atoms with Gasteiger partial charge in [-0.1, -0.05) is 56.8 Å². The van der Waals surface area contributed by atoms with Crippen LogP contribution in [0.3, 0.4) is 0 Å². The molecule has 0 radical (unpaired) electrons. The van der Waals surface area contributed by atoms with Crippen molar-refractivity contribution < 1.29 is 9.59 Å². The Bertz CT molecular complexity index is 793. The van der Waals surface area contributed by atoms with Crippen molar-refractivity contribution in [1.29, 1.82) is 0 Å². The summed E-state index contributed by atoms with van der Waals surface area (Å²) >= 11 is 1.45. The minimum atomic E-state index is -0.497. The maximum atomic E-state index is 11.7. The molecule has 1 aromatic heterocycles. The number of carbonyl (C=O) groups is 2. The second kappa shape index (κ2) is 9.03. The first-order chi connectivity index (χ1) is 12.8. The van der Waals surface area contributed by atoms with Crippen LogP contribution in [0.5, 0.6) is 0 Å². The number of urea groups is 1. The number of imide groups is 1. The summed E-state index contributed by atoms with van der Waals surface area (Å²) in [6.45, 7) is 9.33. The van der Waals surface area contributed by atoms with Crippen molar-refractivity contribution in [3.05, 3.63) is 29.8 Å². The lowest BCUT2D eigenvalue weighted by atomic mass is 9.87. The molecule has 0 unspecified atom stereocenters. The minimum absolute atomic E-state index is 0.104. The first kappa shape index (κ1) is 21.0. The number of nitrogens with zero attached hydrogens (tertiary/aromatic N) is 3. The lowest BCUT2D eigenvalue weighted by Crippen LogP contribution is -2.37. The summed E-state index contributed by atoms with van der Waals surface area (Å²) in [5, 5.41) is 14.0. The van der Waals surface area contributed by atoms with Gasteiger partial charge in [-0.2, -0.15) is 0 Å². The van der Waals surface area contributed by atoms with Gasteiger partial charge in [0, 0.05) is 31.3 Å². The van der Waals surface area contributed by atoms with Gasteiger partial charge in [0.25, 0.3) is 0 Å². The third kappa shape index (κ3) is 5.56. The van der Waals surface area contributed by atoms with Crippen LogP contribution >= 0.6 is 11.8 Å². The quantitative estimate of drug-likeness (QED) is 0.741. The Kier molecular flexibility index (Phi) is 7.01. The number of carbonyl (C=O) groups excluding carboxylic acids is 2. The van der Waals surface area contributed by atoms with Crippen molar-refractivity contribution in [2.24, 2.45) is 0 Å². The molecule has 0 saturated heterocycles. The molecule has 2 N–H and O–H groups in total. The number of benzene rings is 1. The van der Waals surface area contributed by atoms with Crippen molar-refractivity contribution >= 4 is 23.7 Å². The molecule has 27 heavy (non-hydrogen) atoms. The second-order valence-corrected chi connectivity index (χ2v) is 8.17. The van der Waals surface area contributed by atoms with Crippen LogP contribution in [-0.2, 0) is 16.8 Å². The van der Waals surface area contributed by atoms with E-state index in [0.717, 1.165) is 23.1 Å². The van der Waals surface area contributed by atoms with E-state index in [1.165, 1.54) is 24.4 Å². The average Bonchev–Trinajstić information content (AvgIpc) is 3.03. The van der Waals surface area contributed by atoms with E-state index in [4.69, 9.17) is 0 Å². The molecule has 0 aliphatic rings. The third-order valence-electron chi connectivity index (χ3n) is 4.08. The Balaban J connectivity index is 2.06. The van der Waals surface area contributed by atoms with Crippen molar-refractivity contribution in [1.82, 2.24) is 25.4 Å². The number of aromatic nitrogens is 3. The second-order valence-electron chi connectivity index (χ2n) is 7.10. The Labute approximate surface area is 164 Å². The Hall–Kier alpha value is -2.35. The Morgan fingerprint density at radius 2 is 1.81 bits per heavy atom. The number of nitrogens with one attached hydrogen (secondary N) is 2. The van der Waals surface area contributed by atoms with Crippen molar-refractivity contribution in [3.8, 4) is 11.4 Å². The number of hydrogen-bond donors (Lipinski definition) is 2. The maximum absolute atomic E-state index is 11.7. The van der Waals surface area contributed by atoms with Crippen LogP contribution in [0, 0.1) is 0 Å². The predicted octanol–water partition coefficient (Wildman–Crippen LogP) is 3.20. The van der Waals surface area contributed by atoms with Crippen molar-refractivity contribution in [3.63, 3.8) is 0 Å². The predicted molar refractivity (Wildman–Crippen MR) is 108 cm³/mol. The summed E-state index contributed by atoms with van der Waals surface area (Å²) in [5.74, 6) is 1.02. The van der Waals surface area contributed by atoms with Gasteiger partial charge < -0.3 is 9.88 Å². The molecule has 8 heteroatoms. The van der Waals surface area contributed by atoms with Crippen molar-refractivity contribution in [2.45, 2.75) is 51.2 Å². The van der Waals surface area contributed by atoms with Crippen molar-refractivity contribution in [2.75, 3.05) is 12.8 Å². The highest BCUT2D eigenvalue weighted by Crippen LogP contribution is 2.27. The van der Waals surface area contributed by atoms with Crippen LogP contribution in [0.2, 0.25) is 0 Å². The molecule has 0 aliphatic carbocycles. The van der Waals surface area contributed by atoms with E-state index in [9.17, 15) is 9.59 Å². The molecule has 1 heterocycles. The van der Waals surface area contributed by atoms with Gasteiger partial charge in [0.05, 0.1) is 0 Å². The van der Waals surface area contributed by atoms with Crippen LogP contribution in [-0.4, -0.2) is 39.5 Å². The lowest BCUT2D eigenvalue weighted by Gasteiger charge is -2.19. The van der Waals surface area contributed by atoms with E-state index < -0.39 is 6.03 Å². The fraction of sp³-hybridized carbons (Fsp3) is 0.474. The third-order valence-corrected chi connectivity index (χ3v) is 5.05. The van der Waals surface area contributed by atoms with Gasteiger partial charge in [0.15, 0.2) is 11.0 Å². The molecule has 2 aromatic rings. The number of thioether (sulfide) groups is 1. The molecule has 146 valence electrons. The van der Waals surface area contributed by atoms with Gasteiger partial charge in [0.1, 0.15) is 0 Å². The topological polar surface area (TPSA) is 88.9 Å². The minimum Gasteiger partial charge on any atom is -0.341 e. The fourth-order valence-electron chi connectivity index (χ4n) is 2.50. The van der Waals surface area contributed by atoms with Crippen LogP contribution in [0.15, 0.2) is 29.4 Å². The van der Waals surface area contributed by atoms with Gasteiger partial charge in [-0.3, -0.25) is 10.1 Å². The van der Waals surface area contributed by atoms with E-state index in [0.29, 0.717) is 5.75 Å². The summed E-state index contributed by atoms with van der Waals surface area (Å²) in [5.41, 5.74) is 2.39. The Morgan fingerprint density at radius 3 is 2.37 bits per heavy atom. The molecule has 0 saturated carbocycles. The highest BCUT2D eigenvalue weighted by atomic mass is 32.2. The summed E-state index contributed by atoms with van der Waals surface area (Å²) < 4.78 is 2.04. The smallest absolute Gasteiger partial charge is 0.321 e. The van der Waals surface area contributed by atoms with Crippen LogP contribution in [0.1, 0.15) is 39.7 Å². The number of amides is 3. The van der Waals surface area contributed by atoms with Gasteiger partial charge in [0.2, 0.25) is 5.91 Å². The molecule has 1 aromatic carbocycles. The van der Waals surface area contributed by atoms with Gasteiger partial charge in [-0.15, -0.1) is 10.2 Å². The summed E-state index contributed by atoms with van der Waals surface area (Å²) in [4.78, 5) is 22.8. The van der Waals surface area contributed by atoms with E-state index >= 15 is 0 Å². The molecular weight excluding hydrogens is 362 g/mol. The fourth-order valence-corrected chi connectivity index (χ4v) is 3.44. The molecule has 3 amide bonds. The zero-order valence-corrected chi connectivity index (χ0v) is 17.3. The maximum Gasteiger partial charge on any atom is 0.321 e. The highest BCUT2D eigenvalue weighted by Gasteiger charge is 2.16. The molecule has 0 fully saturated rings. The zero-order chi connectivity index (χ0) is 20.0. The molecule has 0 atom stereocenters. The first-order valence-electron chi connectivity index (χ1n) is 8.94. The number of rotatable bonds is 6. The molecule has 0 aliphatic heterocycles. The van der Waals surface area contributed by atoms with Gasteiger partial charge in [-0.25, -0.2) is 4.79 Å². The molecular formula is C19H27N5O2S. The normalized spacial score (nSPS) is 11.3. The molecule has 2 rings (SSSR count). The molecule has 0 spiro atoms. The summed E-state index contributed by atoms with van der Waals surface area (Å²) in [6, 6.07) is 7.90. The van der Waals surface area contributed by atoms with Gasteiger partial charge in [-0.05, 0) is 17.9 Å². The molecule has 7 nitrogen and oxygen atoms in total. The standard InChI is InChI=1S/C19H27N5O2S/c1-6-24-16(13-7-9-14(10-8-13)19(2,3)4)22-23-18(24)27-12-11-15(25)21-17(26)20-5/h7-10H,6,11-12H2,1-5H3,(H2,20,21,25,26). The van der Waals surface area contributed by atoms with E-state index in [-0.39, 0.29) is 17.7 Å². The van der Waals surface area contributed by atoms with Gasteiger partial charge >= 0.3 is 6.03 Å². The zero-order valence-electron chi connectivity index (χ0n) is 16.5.